The Morgan fingerprint density at radius 1 is 1.26 bits per heavy atom. The number of hydrogen-bond acceptors (Lipinski definition) is 3. The van der Waals surface area contributed by atoms with Crippen molar-refractivity contribution < 1.29 is 9.18 Å². The van der Waals surface area contributed by atoms with Crippen LogP contribution in [0, 0.1) is 5.82 Å². The van der Waals surface area contributed by atoms with Crippen molar-refractivity contribution in [2.45, 2.75) is 31.2 Å². The molecule has 1 atom stereocenters. The lowest BCUT2D eigenvalue weighted by Crippen LogP contribution is -2.46. The normalized spacial score (nSPS) is 22.7. The number of piperidine rings is 1. The van der Waals surface area contributed by atoms with Gasteiger partial charge in [0.15, 0.2) is 0 Å². The average Bonchev–Trinajstić information content (AvgIpc) is 3.06. The van der Waals surface area contributed by atoms with E-state index < -0.39 is 0 Å². The molecule has 1 aromatic carbocycles. The van der Waals surface area contributed by atoms with E-state index in [1.165, 1.54) is 12.1 Å². The largest absolute Gasteiger partial charge is 0.341 e. The summed E-state index contributed by atoms with van der Waals surface area (Å²) in [6.07, 6.45) is 3.19. The van der Waals surface area contributed by atoms with Gasteiger partial charge in [-0.25, -0.2) is 4.39 Å². The topological polar surface area (TPSA) is 35.6 Å². The molecule has 2 aliphatic rings. The van der Waals surface area contributed by atoms with E-state index in [1.807, 2.05) is 17.0 Å². The van der Waals surface area contributed by atoms with Gasteiger partial charge in [0.2, 0.25) is 5.91 Å². The van der Waals surface area contributed by atoms with Gasteiger partial charge in [-0.1, -0.05) is 12.1 Å². The maximum Gasteiger partial charge on any atom is 0.236 e. The van der Waals surface area contributed by atoms with Crippen molar-refractivity contribution in [3.05, 3.63) is 35.6 Å². The fraction of sp³-hybridized carbons (Fsp3) is 0.611. The summed E-state index contributed by atoms with van der Waals surface area (Å²) in [5.74, 6) is 0.350. The highest BCUT2D eigenvalue weighted by molar-refractivity contribution is 5.78. The van der Waals surface area contributed by atoms with Gasteiger partial charge in [-0.15, -0.1) is 0 Å². The fourth-order valence-corrected chi connectivity index (χ4v) is 3.68. The van der Waals surface area contributed by atoms with Crippen molar-refractivity contribution in [3.63, 3.8) is 0 Å². The minimum Gasteiger partial charge on any atom is -0.341 e. The molecule has 5 heteroatoms. The van der Waals surface area contributed by atoms with Gasteiger partial charge in [0.1, 0.15) is 5.82 Å². The van der Waals surface area contributed by atoms with Crippen LogP contribution in [0.5, 0.6) is 0 Å². The first-order valence-corrected chi connectivity index (χ1v) is 8.57. The number of amides is 1. The molecule has 2 aliphatic heterocycles. The van der Waals surface area contributed by atoms with Crippen LogP contribution in [0.4, 0.5) is 4.39 Å². The van der Waals surface area contributed by atoms with Crippen LogP contribution in [0.3, 0.4) is 0 Å². The van der Waals surface area contributed by atoms with E-state index >= 15 is 0 Å². The van der Waals surface area contributed by atoms with Gasteiger partial charge in [-0.2, -0.15) is 0 Å². The van der Waals surface area contributed by atoms with Crippen molar-refractivity contribution in [1.82, 2.24) is 15.1 Å². The Bertz CT molecular complexity index is 528. The first-order chi connectivity index (χ1) is 11.1. The quantitative estimate of drug-likeness (QED) is 0.920. The van der Waals surface area contributed by atoms with Gasteiger partial charge in [0.25, 0.3) is 0 Å². The molecule has 1 aromatic rings. The predicted molar refractivity (Wildman–Crippen MR) is 88.9 cm³/mol. The highest BCUT2D eigenvalue weighted by atomic mass is 19.1. The van der Waals surface area contributed by atoms with Gasteiger partial charge >= 0.3 is 0 Å². The number of carbonyl (C=O) groups excluding carboxylic acids is 1. The van der Waals surface area contributed by atoms with Crippen LogP contribution < -0.4 is 5.32 Å². The van der Waals surface area contributed by atoms with Crippen LogP contribution in [0.25, 0.3) is 0 Å². The van der Waals surface area contributed by atoms with E-state index in [0.717, 1.165) is 51.0 Å². The van der Waals surface area contributed by atoms with Crippen LogP contribution >= 0.6 is 0 Å². The van der Waals surface area contributed by atoms with Crippen LogP contribution in [0.2, 0.25) is 0 Å². The van der Waals surface area contributed by atoms with E-state index in [1.54, 1.807) is 0 Å². The van der Waals surface area contributed by atoms with Gasteiger partial charge in [-0.3, -0.25) is 9.69 Å². The number of likely N-dealkylation sites (N-methyl/N-ethyl adjacent to an activating group) is 1. The number of nitrogens with one attached hydrogen (secondary N) is 1. The average molecular weight is 319 g/mol. The molecular weight excluding hydrogens is 293 g/mol. The second-order valence-electron chi connectivity index (χ2n) is 6.77. The standard InChI is InChI=1S/C18H26FN3O/c1-21(17-6-9-20-10-7-17)13-18(23)22-11-8-15(12-22)14-2-4-16(19)5-3-14/h2-5,15,17,20H,6-13H2,1H3/t15-/m0/s1. The Morgan fingerprint density at radius 2 is 1.96 bits per heavy atom. The maximum atomic E-state index is 13.0. The van der Waals surface area contributed by atoms with Gasteiger partial charge in [0, 0.05) is 25.0 Å². The molecule has 23 heavy (non-hydrogen) atoms. The summed E-state index contributed by atoms with van der Waals surface area (Å²) < 4.78 is 13.0. The van der Waals surface area contributed by atoms with Gasteiger partial charge in [0.05, 0.1) is 6.54 Å². The zero-order valence-electron chi connectivity index (χ0n) is 13.8. The Morgan fingerprint density at radius 3 is 2.65 bits per heavy atom. The molecule has 126 valence electrons. The van der Waals surface area contributed by atoms with E-state index in [-0.39, 0.29) is 11.7 Å². The first-order valence-electron chi connectivity index (χ1n) is 8.57. The minimum atomic E-state index is -0.205. The van der Waals surface area contributed by atoms with Crippen molar-refractivity contribution >= 4 is 5.91 Å². The fourth-order valence-electron chi connectivity index (χ4n) is 3.68. The zero-order valence-corrected chi connectivity index (χ0v) is 13.8. The molecule has 0 aromatic heterocycles. The summed E-state index contributed by atoms with van der Waals surface area (Å²) in [4.78, 5) is 16.7. The summed E-state index contributed by atoms with van der Waals surface area (Å²) in [7, 11) is 2.06. The lowest BCUT2D eigenvalue weighted by Gasteiger charge is -2.32. The lowest BCUT2D eigenvalue weighted by atomic mass is 9.99. The minimum absolute atomic E-state index is 0.205. The Hall–Kier alpha value is -1.46. The first kappa shape index (κ1) is 16.4. The molecule has 0 bridgehead atoms. The highest BCUT2D eigenvalue weighted by Crippen LogP contribution is 2.27. The Balaban J connectivity index is 1.51. The number of likely N-dealkylation sites (tertiary alicyclic amines) is 1. The highest BCUT2D eigenvalue weighted by Gasteiger charge is 2.29. The van der Waals surface area contributed by atoms with Crippen LogP contribution in [-0.4, -0.2) is 61.5 Å². The SMILES string of the molecule is CN(CC(=O)N1CC[C@H](c2ccc(F)cc2)C1)C1CCNCC1. The number of benzene rings is 1. The molecule has 2 fully saturated rings. The summed E-state index contributed by atoms with van der Waals surface area (Å²) in [6, 6.07) is 7.20. The number of nitrogens with zero attached hydrogens (tertiary/aromatic N) is 2. The number of rotatable bonds is 4. The monoisotopic (exact) mass is 319 g/mol. The maximum absolute atomic E-state index is 13.0. The predicted octanol–water partition coefficient (Wildman–Crippen LogP) is 1.83. The third-order valence-electron chi connectivity index (χ3n) is 5.20. The molecule has 1 amide bonds. The molecule has 2 heterocycles. The smallest absolute Gasteiger partial charge is 0.236 e. The Kier molecular flexibility index (Phi) is 5.28. The molecule has 0 unspecified atom stereocenters. The van der Waals surface area contributed by atoms with Crippen LogP contribution in [0.15, 0.2) is 24.3 Å². The van der Waals surface area contributed by atoms with Gasteiger partial charge in [-0.05, 0) is 57.1 Å². The lowest BCUT2D eigenvalue weighted by molar-refractivity contribution is -0.131. The summed E-state index contributed by atoms with van der Waals surface area (Å²) >= 11 is 0. The molecule has 0 saturated carbocycles. The molecule has 3 rings (SSSR count). The number of hydrogen-bond donors (Lipinski definition) is 1. The van der Waals surface area contributed by atoms with Crippen molar-refractivity contribution in [2.75, 3.05) is 39.8 Å². The van der Waals surface area contributed by atoms with E-state index in [0.29, 0.717) is 18.5 Å². The molecule has 4 nitrogen and oxygen atoms in total. The summed E-state index contributed by atoms with van der Waals surface area (Å²) in [5.41, 5.74) is 1.13. The van der Waals surface area contributed by atoms with E-state index in [2.05, 4.69) is 17.3 Å². The van der Waals surface area contributed by atoms with Crippen molar-refractivity contribution in [2.24, 2.45) is 0 Å². The molecule has 1 N–H and O–H groups in total. The van der Waals surface area contributed by atoms with E-state index in [9.17, 15) is 9.18 Å². The van der Waals surface area contributed by atoms with Gasteiger partial charge < -0.3 is 10.2 Å². The molecule has 2 saturated heterocycles. The zero-order chi connectivity index (χ0) is 16.2. The second kappa shape index (κ2) is 7.41. The van der Waals surface area contributed by atoms with E-state index in [4.69, 9.17) is 0 Å². The number of halogens is 1. The van der Waals surface area contributed by atoms with Crippen molar-refractivity contribution in [1.29, 1.82) is 0 Å². The second-order valence-corrected chi connectivity index (χ2v) is 6.77. The molecular formula is C18H26FN3O. The third-order valence-corrected chi connectivity index (χ3v) is 5.20. The molecule has 0 spiro atoms. The van der Waals surface area contributed by atoms with Crippen LogP contribution in [-0.2, 0) is 4.79 Å². The molecule has 0 radical (unpaired) electrons. The van der Waals surface area contributed by atoms with Crippen molar-refractivity contribution in [3.8, 4) is 0 Å². The summed E-state index contributed by atoms with van der Waals surface area (Å²) in [6.45, 7) is 4.14. The third kappa shape index (κ3) is 4.09. The molecule has 0 aliphatic carbocycles. The van der Waals surface area contributed by atoms with Crippen LogP contribution in [0.1, 0.15) is 30.7 Å². The Labute approximate surface area is 137 Å². The number of carbonyl (C=O) groups is 1. The summed E-state index contributed by atoms with van der Waals surface area (Å²) in [5, 5.41) is 3.36.